The van der Waals surface area contributed by atoms with Gasteiger partial charge < -0.3 is 10.0 Å². The van der Waals surface area contributed by atoms with Gasteiger partial charge in [0.2, 0.25) is 5.91 Å². The van der Waals surface area contributed by atoms with Gasteiger partial charge in [0, 0.05) is 37.6 Å². The first-order chi connectivity index (χ1) is 12.0. The van der Waals surface area contributed by atoms with Crippen molar-refractivity contribution in [3.8, 4) is 0 Å². The van der Waals surface area contributed by atoms with Gasteiger partial charge in [-0.05, 0) is 36.6 Å². The average molecular weight is 360 g/mol. The van der Waals surface area contributed by atoms with E-state index < -0.39 is 17.3 Å². The summed E-state index contributed by atoms with van der Waals surface area (Å²) in [5.74, 6) is -0.567. The van der Waals surface area contributed by atoms with E-state index in [1.54, 1.807) is 11.8 Å². The van der Waals surface area contributed by atoms with E-state index in [0.29, 0.717) is 32.1 Å². The van der Waals surface area contributed by atoms with Crippen LogP contribution >= 0.6 is 11.8 Å². The summed E-state index contributed by atoms with van der Waals surface area (Å²) in [5, 5.41) is 9.93. The van der Waals surface area contributed by atoms with Gasteiger partial charge in [-0.3, -0.25) is 14.5 Å². The standard InChI is InChI=1S/C19H24N2O3S/c1-25-16-5-3-2-4-14(16)9-20-10-15-17(22)21(8-13-6-7-13)12-19(15,11-20)18(23)24/h2-5,13,15H,6-12H2,1H3,(H,23,24)/t15-,19-/m0/s1. The van der Waals surface area contributed by atoms with Crippen LogP contribution in [-0.2, 0) is 16.1 Å². The zero-order chi connectivity index (χ0) is 17.6. The van der Waals surface area contributed by atoms with E-state index >= 15 is 0 Å². The van der Waals surface area contributed by atoms with Crippen molar-refractivity contribution < 1.29 is 14.7 Å². The number of carboxylic acid groups (broad SMARTS) is 1. The van der Waals surface area contributed by atoms with E-state index in [-0.39, 0.29) is 5.91 Å². The Bertz CT molecular complexity index is 706. The summed E-state index contributed by atoms with van der Waals surface area (Å²) >= 11 is 1.70. The Morgan fingerprint density at radius 1 is 1.32 bits per heavy atom. The van der Waals surface area contributed by atoms with Crippen LogP contribution in [0.3, 0.4) is 0 Å². The van der Waals surface area contributed by atoms with E-state index in [1.807, 2.05) is 17.0 Å². The largest absolute Gasteiger partial charge is 0.481 e. The van der Waals surface area contributed by atoms with Gasteiger partial charge in [-0.1, -0.05) is 18.2 Å². The molecule has 6 heteroatoms. The smallest absolute Gasteiger partial charge is 0.313 e. The molecule has 0 unspecified atom stereocenters. The molecular formula is C19H24N2O3S. The molecule has 1 N–H and O–H groups in total. The SMILES string of the molecule is CSc1ccccc1CN1C[C@H]2C(=O)N(CC3CC3)C[C@@]2(C(=O)O)C1. The Morgan fingerprint density at radius 2 is 2.08 bits per heavy atom. The Morgan fingerprint density at radius 3 is 2.72 bits per heavy atom. The number of carbonyl (C=O) groups excluding carboxylic acids is 1. The van der Waals surface area contributed by atoms with Crippen LogP contribution < -0.4 is 0 Å². The number of hydrogen-bond donors (Lipinski definition) is 1. The number of nitrogens with zero attached hydrogens (tertiary/aromatic N) is 2. The quantitative estimate of drug-likeness (QED) is 0.788. The summed E-state index contributed by atoms with van der Waals surface area (Å²) in [5.41, 5.74) is 0.276. The molecule has 3 fully saturated rings. The van der Waals surface area contributed by atoms with Gasteiger partial charge in [-0.2, -0.15) is 0 Å². The number of aliphatic carboxylic acids is 1. The van der Waals surface area contributed by atoms with Crippen molar-refractivity contribution in [2.75, 3.05) is 32.4 Å². The second kappa shape index (κ2) is 6.32. The van der Waals surface area contributed by atoms with Gasteiger partial charge in [0.15, 0.2) is 0 Å². The number of hydrogen-bond acceptors (Lipinski definition) is 4. The fourth-order valence-electron chi connectivity index (χ4n) is 4.37. The highest BCUT2D eigenvalue weighted by Gasteiger charge is 2.62. The van der Waals surface area contributed by atoms with Crippen molar-refractivity contribution in [2.24, 2.45) is 17.3 Å². The lowest BCUT2D eigenvalue weighted by Gasteiger charge is -2.25. The average Bonchev–Trinajstić information content (AvgIpc) is 3.28. The fourth-order valence-corrected chi connectivity index (χ4v) is 4.98. The molecule has 1 saturated carbocycles. The van der Waals surface area contributed by atoms with E-state index in [0.717, 1.165) is 6.54 Å². The van der Waals surface area contributed by atoms with E-state index in [4.69, 9.17) is 0 Å². The van der Waals surface area contributed by atoms with Crippen LogP contribution in [0.25, 0.3) is 0 Å². The van der Waals surface area contributed by atoms with Crippen molar-refractivity contribution in [2.45, 2.75) is 24.3 Å². The Balaban J connectivity index is 1.52. The van der Waals surface area contributed by atoms with E-state index in [9.17, 15) is 14.7 Å². The van der Waals surface area contributed by atoms with Crippen molar-refractivity contribution in [3.05, 3.63) is 29.8 Å². The lowest BCUT2D eigenvalue weighted by molar-refractivity contribution is -0.149. The van der Waals surface area contributed by atoms with Crippen LogP contribution in [0, 0.1) is 17.3 Å². The molecule has 0 spiro atoms. The van der Waals surface area contributed by atoms with Crippen molar-refractivity contribution in [3.63, 3.8) is 0 Å². The molecule has 3 aliphatic rings. The predicted molar refractivity (Wildman–Crippen MR) is 96.4 cm³/mol. The number of carbonyl (C=O) groups is 2. The monoisotopic (exact) mass is 360 g/mol. The number of carboxylic acids is 1. The lowest BCUT2D eigenvalue weighted by atomic mass is 9.81. The molecule has 1 aromatic carbocycles. The summed E-state index contributed by atoms with van der Waals surface area (Å²) in [6, 6.07) is 8.22. The second-order valence-corrected chi connectivity index (χ2v) is 8.51. The minimum Gasteiger partial charge on any atom is -0.481 e. The van der Waals surface area contributed by atoms with Gasteiger partial charge in [0.1, 0.15) is 5.41 Å². The normalized spacial score (nSPS) is 29.2. The second-order valence-electron chi connectivity index (χ2n) is 7.66. The summed E-state index contributed by atoms with van der Waals surface area (Å²) in [4.78, 5) is 30.1. The van der Waals surface area contributed by atoms with Gasteiger partial charge >= 0.3 is 5.97 Å². The first-order valence-electron chi connectivity index (χ1n) is 8.90. The Kier molecular flexibility index (Phi) is 4.28. The van der Waals surface area contributed by atoms with Gasteiger partial charge in [-0.15, -0.1) is 11.8 Å². The summed E-state index contributed by atoms with van der Waals surface area (Å²) in [6.07, 6.45) is 4.40. The Labute approximate surface area is 152 Å². The molecule has 25 heavy (non-hydrogen) atoms. The maximum absolute atomic E-state index is 12.8. The highest BCUT2D eigenvalue weighted by molar-refractivity contribution is 7.98. The molecule has 2 heterocycles. The number of amides is 1. The van der Waals surface area contributed by atoms with Crippen molar-refractivity contribution in [1.82, 2.24) is 9.80 Å². The maximum Gasteiger partial charge on any atom is 0.313 e. The third kappa shape index (κ3) is 2.95. The fraction of sp³-hybridized carbons (Fsp3) is 0.579. The third-order valence-electron chi connectivity index (χ3n) is 5.88. The van der Waals surface area contributed by atoms with Gasteiger partial charge in [0.05, 0.1) is 5.92 Å². The van der Waals surface area contributed by atoms with Gasteiger partial charge in [-0.25, -0.2) is 0 Å². The van der Waals surface area contributed by atoms with Crippen LogP contribution in [0.15, 0.2) is 29.2 Å². The third-order valence-corrected chi connectivity index (χ3v) is 6.72. The Hall–Kier alpha value is -1.53. The maximum atomic E-state index is 12.8. The number of rotatable bonds is 6. The number of thioether (sulfide) groups is 1. The van der Waals surface area contributed by atoms with Crippen LogP contribution in [0.1, 0.15) is 18.4 Å². The molecule has 134 valence electrons. The summed E-state index contributed by atoms with van der Waals surface area (Å²) in [7, 11) is 0. The molecular weight excluding hydrogens is 336 g/mol. The molecule has 0 radical (unpaired) electrons. The predicted octanol–water partition coefficient (Wildman–Crippen LogP) is 2.16. The van der Waals surface area contributed by atoms with Crippen LogP contribution in [-0.4, -0.2) is 59.2 Å². The molecule has 0 aromatic heterocycles. The lowest BCUT2D eigenvalue weighted by Crippen LogP contribution is -2.41. The van der Waals surface area contributed by atoms with Crippen molar-refractivity contribution in [1.29, 1.82) is 0 Å². The number of benzene rings is 1. The summed E-state index contributed by atoms with van der Waals surface area (Å²) in [6.45, 7) is 2.85. The van der Waals surface area contributed by atoms with Crippen LogP contribution in [0.2, 0.25) is 0 Å². The minimum atomic E-state index is -0.930. The molecule has 4 rings (SSSR count). The molecule has 1 aliphatic carbocycles. The van der Waals surface area contributed by atoms with Gasteiger partial charge in [0.25, 0.3) is 0 Å². The molecule has 2 saturated heterocycles. The van der Waals surface area contributed by atoms with Crippen LogP contribution in [0.5, 0.6) is 0 Å². The number of fused-ring (bicyclic) bond motifs is 1. The van der Waals surface area contributed by atoms with E-state index in [1.165, 1.54) is 23.3 Å². The first kappa shape index (κ1) is 16.9. The molecule has 1 amide bonds. The molecule has 1 aromatic rings. The van der Waals surface area contributed by atoms with E-state index in [2.05, 4.69) is 23.3 Å². The summed E-state index contributed by atoms with van der Waals surface area (Å²) < 4.78 is 0. The van der Waals surface area contributed by atoms with Crippen molar-refractivity contribution >= 4 is 23.6 Å². The van der Waals surface area contributed by atoms with Crippen LogP contribution in [0.4, 0.5) is 0 Å². The first-order valence-corrected chi connectivity index (χ1v) is 10.1. The molecule has 2 atom stereocenters. The zero-order valence-electron chi connectivity index (χ0n) is 14.5. The number of likely N-dealkylation sites (tertiary alicyclic amines) is 2. The topological polar surface area (TPSA) is 60.9 Å². The minimum absolute atomic E-state index is 0.0509. The molecule has 5 nitrogen and oxygen atoms in total. The molecule has 2 aliphatic heterocycles. The highest BCUT2D eigenvalue weighted by Crippen LogP contribution is 2.45. The highest BCUT2D eigenvalue weighted by atomic mass is 32.2. The molecule has 0 bridgehead atoms. The zero-order valence-corrected chi connectivity index (χ0v) is 15.3.